The highest BCUT2D eigenvalue weighted by Gasteiger charge is 2.29. The van der Waals surface area contributed by atoms with Gasteiger partial charge >= 0.3 is 0 Å². The third-order valence-corrected chi connectivity index (χ3v) is 3.72. The topological polar surface area (TPSA) is 52.7 Å². The summed E-state index contributed by atoms with van der Waals surface area (Å²) >= 11 is 0. The number of hydrogen-bond acceptors (Lipinski definition) is 4. The first-order valence-electron chi connectivity index (χ1n) is 6.48. The molecule has 4 heteroatoms. The molecule has 1 aromatic carbocycles. The molecule has 0 amide bonds. The van der Waals surface area contributed by atoms with Crippen molar-refractivity contribution in [3.8, 4) is 5.75 Å². The maximum absolute atomic E-state index is 9.29. The quantitative estimate of drug-likeness (QED) is 0.834. The van der Waals surface area contributed by atoms with Crippen molar-refractivity contribution in [3.05, 3.63) is 29.8 Å². The summed E-state index contributed by atoms with van der Waals surface area (Å²) in [4.78, 5) is 4.67. The molecule has 4 nitrogen and oxygen atoms in total. The smallest absolute Gasteiger partial charge is 0.115 e. The molecule has 1 heterocycles. The van der Waals surface area contributed by atoms with Crippen LogP contribution in [0.15, 0.2) is 24.3 Å². The number of piperazine rings is 1. The Morgan fingerprint density at radius 1 is 1.17 bits per heavy atom. The van der Waals surface area contributed by atoms with E-state index < -0.39 is 0 Å². The summed E-state index contributed by atoms with van der Waals surface area (Å²) < 4.78 is 0. The summed E-state index contributed by atoms with van der Waals surface area (Å²) in [5.74, 6) is 0.303. The number of nitrogens with two attached hydrogens (primary N) is 1. The van der Waals surface area contributed by atoms with E-state index in [4.69, 9.17) is 5.73 Å². The number of aromatic hydroxyl groups is 1. The van der Waals surface area contributed by atoms with Gasteiger partial charge in [0.2, 0.25) is 0 Å². The van der Waals surface area contributed by atoms with Crippen molar-refractivity contribution in [1.82, 2.24) is 9.80 Å². The van der Waals surface area contributed by atoms with Gasteiger partial charge in [-0.15, -0.1) is 0 Å². The summed E-state index contributed by atoms with van der Waals surface area (Å²) in [7, 11) is 2.14. The van der Waals surface area contributed by atoms with Gasteiger partial charge in [-0.05, 0) is 31.7 Å². The van der Waals surface area contributed by atoms with E-state index >= 15 is 0 Å². The third-order valence-electron chi connectivity index (χ3n) is 3.72. The third kappa shape index (κ3) is 3.22. The van der Waals surface area contributed by atoms with Gasteiger partial charge in [0.05, 0.1) is 5.66 Å². The zero-order chi connectivity index (χ0) is 13.2. The first kappa shape index (κ1) is 13.3. The molecule has 1 aromatic rings. The molecule has 1 atom stereocenters. The zero-order valence-corrected chi connectivity index (χ0v) is 11.3. The van der Waals surface area contributed by atoms with Crippen LogP contribution in [0, 0.1) is 0 Å². The second kappa shape index (κ2) is 5.26. The Morgan fingerprint density at radius 2 is 1.72 bits per heavy atom. The molecule has 1 aliphatic rings. The van der Waals surface area contributed by atoms with Crippen molar-refractivity contribution in [3.63, 3.8) is 0 Å². The van der Waals surface area contributed by atoms with E-state index in [0.29, 0.717) is 5.75 Å². The summed E-state index contributed by atoms with van der Waals surface area (Å²) in [5, 5.41) is 9.29. The molecule has 1 aliphatic heterocycles. The standard InChI is InChI=1S/C14H23N3O/c1-14(15,17-9-7-16(2)8-10-17)11-12-3-5-13(18)6-4-12/h3-6,18H,7-11,15H2,1-2H3. The molecule has 18 heavy (non-hydrogen) atoms. The number of benzene rings is 1. The fourth-order valence-corrected chi connectivity index (χ4v) is 2.46. The molecule has 3 N–H and O–H groups in total. The summed E-state index contributed by atoms with van der Waals surface area (Å²) in [6, 6.07) is 7.32. The molecule has 0 aliphatic carbocycles. The molecule has 1 saturated heterocycles. The van der Waals surface area contributed by atoms with Gasteiger partial charge in [0.1, 0.15) is 5.75 Å². The van der Waals surface area contributed by atoms with E-state index in [2.05, 4.69) is 23.8 Å². The van der Waals surface area contributed by atoms with Gasteiger partial charge in [0, 0.05) is 32.6 Å². The maximum Gasteiger partial charge on any atom is 0.115 e. The minimum absolute atomic E-state index is 0.303. The molecular weight excluding hydrogens is 226 g/mol. The first-order chi connectivity index (χ1) is 8.47. The second-order valence-corrected chi connectivity index (χ2v) is 5.49. The number of rotatable bonds is 3. The Morgan fingerprint density at radius 3 is 2.28 bits per heavy atom. The van der Waals surface area contributed by atoms with E-state index in [1.165, 1.54) is 0 Å². The van der Waals surface area contributed by atoms with Crippen LogP contribution in [0.25, 0.3) is 0 Å². The molecule has 0 spiro atoms. The van der Waals surface area contributed by atoms with Crippen LogP contribution in [0.4, 0.5) is 0 Å². The van der Waals surface area contributed by atoms with Gasteiger partial charge in [-0.3, -0.25) is 4.90 Å². The minimum Gasteiger partial charge on any atom is -0.508 e. The Labute approximate surface area is 109 Å². The largest absolute Gasteiger partial charge is 0.508 e. The first-order valence-corrected chi connectivity index (χ1v) is 6.48. The lowest BCUT2D eigenvalue weighted by Gasteiger charge is -2.43. The van der Waals surface area contributed by atoms with Crippen LogP contribution in [-0.4, -0.2) is 53.8 Å². The van der Waals surface area contributed by atoms with Crippen molar-refractivity contribution in [1.29, 1.82) is 0 Å². The van der Waals surface area contributed by atoms with Crippen molar-refractivity contribution < 1.29 is 5.11 Å². The van der Waals surface area contributed by atoms with Gasteiger partial charge in [-0.2, -0.15) is 0 Å². The Kier molecular flexibility index (Phi) is 3.90. The van der Waals surface area contributed by atoms with Crippen molar-refractivity contribution >= 4 is 0 Å². The molecule has 2 rings (SSSR count). The molecule has 0 bridgehead atoms. The summed E-state index contributed by atoms with van der Waals surface area (Å²) in [5.41, 5.74) is 7.29. The van der Waals surface area contributed by atoms with E-state index in [9.17, 15) is 5.11 Å². The highest BCUT2D eigenvalue weighted by atomic mass is 16.3. The predicted octanol–water partition coefficient (Wildman–Crippen LogP) is 0.857. The van der Waals surface area contributed by atoms with E-state index in [0.717, 1.165) is 38.2 Å². The van der Waals surface area contributed by atoms with Crippen LogP contribution in [-0.2, 0) is 6.42 Å². The highest BCUT2D eigenvalue weighted by molar-refractivity contribution is 5.27. The molecule has 0 radical (unpaired) electrons. The van der Waals surface area contributed by atoms with Crippen molar-refractivity contribution in [2.24, 2.45) is 5.73 Å². The Balaban J connectivity index is 2.00. The normalized spacial score (nSPS) is 21.7. The van der Waals surface area contributed by atoms with Crippen LogP contribution < -0.4 is 5.73 Å². The molecule has 100 valence electrons. The van der Waals surface area contributed by atoms with Crippen LogP contribution >= 0.6 is 0 Å². The van der Waals surface area contributed by atoms with Crippen LogP contribution in [0.2, 0.25) is 0 Å². The van der Waals surface area contributed by atoms with Crippen LogP contribution in [0.5, 0.6) is 5.75 Å². The minimum atomic E-state index is -0.321. The molecule has 0 saturated carbocycles. The molecule has 0 aromatic heterocycles. The van der Waals surface area contributed by atoms with E-state index in [1.807, 2.05) is 12.1 Å². The summed E-state index contributed by atoms with van der Waals surface area (Å²) in [6.07, 6.45) is 0.803. The Hall–Kier alpha value is -1.10. The van der Waals surface area contributed by atoms with Crippen LogP contribution in [0.1, 0.15) is 12.5 Å². The molecule has 1 unspecified atom stereocenters. The molecular formula is C14H23N3O. The average Bonchev–Trinajstić information content (AvgIpc) is 2.32. The van der Waals surface area contributed by atoms with Gasteiger partial charge in [0.25, 0.3) is 0 Å². The lowest BCUT2D eigenvalue weighted by Crippen LogP contribution is -2.60. The SMILES string of the molecule is CN1CCN(C(C)(N)Cc2ccc(O)cc2)CC1. The monoisotopic (exact) mass is 249 g/mol. The van der Waals surface area contributed by atoms with Gasteiger partial charge < -0.3 is 15.7 Å². The van der Waals surface area contributed by atoms with Gasteiger partial charge in [-0.25, -0.2) is 0 Å². The number of phenols is 1. The van der Waals surface area contributed by atoms with Crippen LogP contribution in [0.3, 0.4) is 0 Å². The number of hydrogen-bond donors (Lipinski definition) is 2. The lowest BCUT2D eigenvalue weighted by atomic mass is 9.99. The van der Waals surface area contributed by atoms with Gasteiger partial charge in [-0.1, -0.05) is 12.1 Å². The zero-order valence-electron chi connectivity index (χ0n) is 11.3. The Bertz CT molecular complexity index is 381. The number of nitrogens with zero attached hydrogens (tertiary/aromatic N) is 2. The van der Waals surface area contributed by atoms with E-state index in [1.54, 1.807) is 12.1 Å². The number of phenolic OH excluding ortho intramolecular Hbond substituents is 1. The van der Waals surface area contributed by atoms with E-state index in [-0.39, 0.29) is 5.66 Å². The maximum atomic E-state index is 9.29. The highest BCUT2D eigenvalue weighted by Crippen LogP contribution is 2.19. The fourth-order valence-electron chi connectivity index (χ4n) is 2.46. The van der Waals surface area contributed by atoms with Crippen molar-refractivity contribution in [2.45, 2.75) is 19.0 Å². The predicted molar refractivity (Wildman–Crippen MR) is 73.5 cm³/mol. The van der Waals surface area contributed by atoms with Gasteiger partial charge in [0.15, 0.2) is 0 Å². The molecule has 1 fully saturated rings. The number of likely N-dealkylation sites (N-methyl/N-ethyl adjacent to an activating group) is 1. The summed E-state index contributed by atoms with van der Waals surface area (Å²) in [6.45, 7) is 6.26. The fraction of sp³-hybridized carbons (Fsp3) is 0.571. The van der Waals surface area contributed by atoms with Crippen molar-refractivity contribution in [2.75, 3.05) is 33.2 Å². The second-order valence-electron chi connectivity index (χ2n) is 5.49. The lowest BCUT2D eigenvalue weighted by molar-refractivity contribution is 0.0546. The average molecular weight is 249 g/mol.